The molecular formula is C22H28N2O4S. The maximum Gasteiger partial charge on any atom is 0.251 e. The Bertz CT molecular complexity index is 903. The van der Waals surface area contributed by atoms with Crippen molar-refractivity contribution in [1.82, 2.24) is 9.62 Å². The van der Waals surface area contributed by atoms with Crippen LogP contribution in [0, 0.1) is 6.92 Å². The Morgan fingerprint density at radius 3 is 2.31 bits per heavy atom. The predicted molar refractivity (Wildman–Crippen MR) is 113 cm³/mol. The fourth-order valence-electron chi connectivity index (χ4n) is 3.27. The standard InChI is InChI=1S/C22H28N2O4S/c1-18-5-11-21(12-6-18)28-16-13-23-22(25)20-9-7-19(8-10-20)17-29(26,27)24-14-3-2-4-15-24/h5-12H,2-4,13-17H2,1H3,(H,23,25). The van der Waals surface area contributed by atoms with Gasteiger partial charge in [0.05, 0.1) is 12.3 Å². The summed E-state index contributed by atoms with van der Waals surface area (Å²) in [4.78, 5) is 12.3. The summed E-state index contributed by atoms with van der Waals surface area (Å²) in [6.45, 7) is 3.98. The summed E-state index contributed by atoms with van der Waals surface area (Å²) in [7, 11) is -3.30. The number of nitrogens with one attached hydrogen (secondary N) is 1. The van der Waals surface area contributed by atoms with Crippen molar-refractivity contribution in [1.29, 1.82) is 0 Å². The first kappa shape index (κ1) is 21.3. The van der Waals surface area contributed by atoms with E-state index in [-0.39, 0.29) is 11.7 Å². The molecule has 1 saturated heterocycles. The molecule has 1 fully saturated rings. The monoisotopic (exact) mass is 416 g/mol. The van der Waals surface area contributed by atoms with Gasteiger partial charge in [-0.2, -0.15) is 0 Å². The van der Waals surface area contributed by atoms with Crippen LogP contribution in [0.2, 0.25) is 0 Å². The lowest BCUT2D eigenvalue weighted by Crippen LogP contribution is -2.36. The highest BCUT2D eigenvalue weighted by Crippen LogP contribution is 2.17. The Morgan fingerprint density at radius 1 is 1.00 bits per heavy atom. The summed E-state index contributed by atoms with van der Waals surface area (Å²) in [5.74, 6) is 0.534. The van der Waals surface area contributed by atoms with Crippen LogP contribution in [-0.4, -0.2) is 44.9 Å². The second-order valence-electron chi connectivity index (χ2n) is 7.33. The lowest BCUT2D eigenvalue weighted by atomic mass is 10.1. The number of amides is 1. The zero-order valence-electron chi connectivity index (χ0n) is 16.8. The van der Waals surface area contributed by atoms with Crippen LogP contribution in [0.5, 0.6) is 5.75 Å². The molecule has 0 radical (unpaired) electrons. The molecule has 0 aromatic heterocycles. The average Bonchev–Trinajstić information content (AvgIpc) is 2.73. The minimum Gasteiger partial charge on any atom is -0.492 e. The molecule has 1 aliphatic rings. The highest BCUT2D eigenvalue weighted by molar-refractivity contribution is 7.88. The number of aryl methyl sites for hydroxylation is 1. The van der Waals surface area contributed by atoms with E-state index in [1.54, 1.807) is 28.6 Å². The summed E-state index contributed by atoms with van der Waals surface area (Å²) >= 11 is 0. The van der Waals surface area contributed by atoms with Gasteiger partial charge in [0.2, 0.25) is 10.0 Å². The van der Waals surface area contributed by atoms with Gasteiger partial charge in [0, 0.05) is 18.7 Å². The third kappa shape index (κ3) is 6.30. The Morgan fingerprint density at radius 2 is 1.66 bits per heavy atom. The highest BCUT2D eigenvalue weighted by atomic mass is 32.2. The quantitative estimate of drug-likeness (QED) is 0.671. The third-order valence-corrected chi connectivity index (χ3v) is 6.80. The zero-order valence-corrected chi connectivity index (χ0v) is 17.6. The van der Waals surface area contributed by atoms with Gasteiger partial charge in [0.15, 0.2) is 0 Å². The minimum absolute atomic E-state index is 0.0285. The lowest BCUT2D eigenvalue weighted by molar-refractivity contribution is 0.0947. The molecular weight excluding hydrogens is 388 g/mol. The summed E-state index contributed by atoms with van der Waals surface area (Å²) in [6.07, 6.45) is 2.93. The molecule has 0 saturated carbocycles. The zero-order chi connectivity index (χ0) is 20.7. The molecule has 29 heavy (non-hydrogen) atoms. The normalized spacial score (nSPS) is 15.1. The number of benzene rings is 2. The number of carbonyl (C=O) groups is 1. The Kier molecular flexibility index (Phi) is 7.28. The Balaban J connectivity index is 1.46. The van der Waals surface area contributed by atoms with Gasteiger partial charge in [-0.1, -0.05) is 36.2 Å². The molecule has 1 N–H and O–H groups in total. The SMILES string of the molecule is Cc1ccc(OCCNC(=O)c2ccc(CS(=O)(=O)N3CCCCC3)cc2)cc1. The first-order chi connectivity index (χ1) is 13.9. The fraction of sp³-hybridized carbons (Fsp3) is 0.409. The van der Waals surface area contributed by atoms with Crippen molar-refractivity contribution in [3.8, 4) is 5.75 Å². The first-order valence-electron chi connectivity index (χ1n) is 9.98. The van der Waals surface area contributed by atoms with E-state index < -0.39 is 10.0 Å². The minimum atomic E-state index is -3.30. The van der Waals surface area contributed by atoms with Crippen LogP contribution >= 0.6 is 0 Å². The van der Waals surface area contributed by atoms with Crippen molar-refractivity contribution < 1.29 is 17.9 Å². The number of piperidine rings is 1. The number of carbonyl (C=O) groups excluding carboxylic acids is 1. The Hall–Kier alpha value is -2.38. The molecule has 0 aliphatic carbocycles. The van der Waals surface area contributed by atoms with Crippen molar-refractivity contribution in [2.24, 2.45) is 0 Å². The number of nitrogens with zero attached hydrogens (tertiary/aromatic N) is 1. The third-order valence-electron chi connectivity index (χ3n) is 4.95. The molecule has 7 heteroatoms. The van der Waals surface area contributed by atoms with Crippen LogP contribution in [0.25, 0.3) is 0 Å². The van der Waals surface area contributed by atoms with E-state index in [1.165, 1.54) is 0 Å². The number of hydrogen-bond acceptors (Lipinski definition) is 4. The first-order valence-corrected chi connectivity index (χ1v) is 11.6. The van der Waals surface area contributed by atoms with Gasteiger partial charge >= 0.3 is 0 Å². The summed E-state index contributed by atoms with van der Waals surface area (Å²) in [5, 5.41) is 2.81. The van der Waals surface area contributed by atoms with Gasteiger partial charge in [-0.25, -0.2) is 12.7 Å². The average molecular weight is 417 g/mol. The van der Waals surface area contributed by atoms with Gasteiger partial charge in [0.1, 0.15) is 12.4 Å². The molecule has 156 valence electrons. The largest absolute Gasteiger partial charge is 0.492 e. The van der Waals surface area contributed by atoms with E-state index in [1.807, 2.05) is 31.2 Å². The van der Waals surface area contributed by atoms with Crippen molar-refractivity contribution in [2.45, 2.75) is 31.9 Å². The maximum atomic E-state index is 12.5. The number of ether oxygens (including phenoxy) is 1. The summed E-state index contributed by atoms with van der Waals surface area (Å²) in [5.41, 5.74) is 2.35. The van der Waals surface area contributed by atoms with E-state index >= 15 is 0 Å². The van der Waals surface area contributed by atoms with Gasteiger partial charge in [-0.15, -0.1) is 0 Å². The van der Waals surface area contributed by atoms with E-state index in [2.05, 4.69) is 5.32 Å². The Labute approximate surface area is 172 Å². The fourth-order valence-corrected chi connectivity index (χ4v) is 4.88. The van der Waals surface area contributed by atoms with Crippen LogP contribution in [0.1, 0.15) is 40.7 Å². The van der Waals surface area contributed by atoms with Crippen molar-refractivity contribution in [2.75, 3.05) is 26.2 Å². The molecule has 2 aromatic rings. The van der Waals surface area contributed by atoms with Crippen LogP contribution in [0.4, 0.5) is 0 Å². The van der Waals surface area contributed by atoms with Gasteiger partial charge in [-0.3, -0.25) is 4.79 Å². The van der Waals surface area contributed by atoms with Crippen LogP contribution in [0.15, 0.2) is 48.5 Å². The molecule has 1 heterocycles. The van der Waals surface area contributed by atoms with E-state index in [0.717, 1.165) is 30.6 Å². The van der Waals surface area contributed by atoms with Crippen LogP contribution in [0.3, 0.4) is 0 Å². The highest BCUT2D eigenvalue weighted by Gasteiger charge is 2.24. The van der Waals surface area contributed by atoms with Gasteiger partial charge < -0.3 is 10.1 Å². The molecule has 0 spiro atoms. The van der Waals surface area contributed by atoms with Crippen molar-refractivity contribution in [3.05, 3.63) is 65.2 Å². The van der Waals surface area contributed by atoms with E-state index in [0.29, 0.717) is 37.4 Å². The summed E-state index contributed by atoms with van der Waals surface area (Å²) < 4.78 is 32.2. The molecule has 3 rings (SSSR count). The van der Waals surface area contributed by atoms with Crippen molar-refractivity contribution in [3.63, 3.8) is 0 Å². The molecule has 0 bridgehead atoms. The number of hydrogen-bond donors (Lipinski definition) is 1. The topological polar surface area (TPSA) is 75.7 Å². The van der Waals surface area contributed by atoms with E-state index in [4.69, 9.17) is 4.74 Å². The second kappa shape index (κ2) is 9.89. The number of sulfonamides is 1. The molecule has 1 amide bonds. The molecule has 2 aromatic carbocycles. The molecule has 0 unspecified atom stereocenters. The number of rotatable bonds is 8. The lowest BCUT2D eigenvalue weighted by Gasteiger charge is -2.25. The molecule has 6 nitrogen and oxygen atoms in total. The second-order valence-corrected chi connectivity index (χ2v) is 9.30. The maximum absolute atomic E-state index is 12.5. The van der Waals surface area contributed by atoms with Gasteiger partial charge in [-0.05, 0) is 49.6 Å². The smallest absolute Gasteiger partial charge is 0.251 e. The summed E-state index contributed by atoms with van der Waals surface area (Å²) in [6, 6.07) is 14.5. The van der Waals surface area contributed by atoms with Gasteiger partial charge in [0.25, 0.3) is 5.91 Å². The van der Waals surface area contributed by atoms with Crippen molar-refractivity contribution >= 4 is 15.9 Å². The van der Waals surface area contributed by atoms with Crippen LogP contribution in [-0.2, 0) is 15.8 Å². The van der Waals surface area contributed by atoms with E-state index in [9.17, 15) is 13.2 Å². The van der Waals surface area contributed by atoms with Crippen LogP contribution < -0.4 is 10.1 Å². The molecule has 1 aliphatic heterocycles. The predicted octanol–water partition coefficient (Wildman–Crippen LogP) is 3.12. The molecule has 0 atom stereocenters.